The molecule has 0 aliphatic carbocycles. The van der Waals surface area contributed by atoms with Gasteiger partial charge in [-0.05, 0) is 44.4 Å². The van der Waals surface area contributed by atoms with Gasteiger partial charge < -0.3 is 4.90 Å². The minimum Gasteiger partial charge on any atom is -0.355 e. The average Bonchev–Trinajstić information content (AvgIpc) is 3.06. The Morgan fingerprint density at radius 3 is 2.95 bits per heavy atom. The summed E-state index contributed by atoms with van der Waals surface area (Å²) in [5.74, 6) is 6.76. The molecule has 3 aromatic rings. The number of fused-ring (bicyclic) bond motifs is 1. The monoisotopic (exact) mass is 369 g/mol. The number of nitrogens with zero attached hydrogens (tertiary/aromatic N) is 3. The van der Waals surface area contributed by atoms with E-state index in [1.165, 1.54) is 5.56 Å². The van der Waals surface area contributed by atoms with E-state index in [1.807, 2.05) is 18.5 Å². The Balaban J connectivity index is 1.97. The van der Waals surface area contributed by atoms with Crippen LogP contribution in [0.5, 0.6) is 0 Å². The molecule has 0 aliphatic heterocycles. The van der Waals surface area contributed by atoms with Crippen LogP contribution in [-0.2, 0) is 6.54 Å². The molecule has 0 spiro atoms. The van der Waals surface area contributed by atoms with Crippen molar-refractivity contribution in [1.82, 2.24) is 9.97 Å². The number of aromatic nitrogens is 2. The number of anilines is 2. The Labute approximate surface area is 132 Å². The molecule has 5 nitrogen and oxygen atoms in total. The maximum absolute atomic E-state index is 5.44. The van der Waals surface area contributed by atoms with Crippen LogP contribution in [0, 0.1) is 0 Å². The zero-order chi connectivity index (χ0) is 14.1. The molecule has 0 amide bonds. The van der Waals surface area contributed by atoms with Gasteiger partial charge in [0.1, 0.15) is 10.6 Å². The van der Waals surface area contributed by atoms with Gasteiger partial charge in [0.2, 0.25) is 5.95 Å². The SMILES string of the molecule is CN(Cc1csc(Br)c1)c1nc(NN)nc2sccc12. The second kappa shape index (κ2) is 5.65. The number of halogens is 1. The number of hydrazine groups is 1. The van der Waals surface area contributed by atoms with Crippen LogP contribution in [0.15, 0.2) is 26.7 Å². The second-order valence-corrected chi connectivity index (χ2v) is 7.45. The van der Waals surface area contributed by atoms with Gasteiger partial charge in [0.25, 0.3) is 0 Å². The Kier molecular flexibility index (Phi) is 3.88. The van der Waals surface area contributed by atoms with Crippen molar-refractivity contribution in [2.75, 3.05) is 17.4 Å². The lowest BCUT2D eigenvalue weighted by atomic mass is 10.3. The molecule has 0 radical (unpaired) electrons. The minimum atomic E-state index is 0.438. The zero-order valence-electron chi connectivity index (χ0n) is 10.6. The van der Waals surface area contributed by atoms with Crippen LogP contribution in [-0.4, -0.2) is 17.0 Å². The van der Waals surface area contributed by atoms with Crippen molar-refractivity contribution in [2.45, 2.75) is 6.54 Å². The maximum Gasteiger partial charge on any atom is 0.240 e. The number of nitrogens with one attached hydrogen (secondary N) is 1. The predicted molar refractivity (Wildman–Crippen MR) is 89.4 cm³/mol. The Bertz CT molecular complexity index is 738. The van der Waals surface area contributed by atoms with E-state index in [-0.39, 0.29) is 0 Å². The molecule has 8 heteroatoms. The van der Waals surface area contributed by atoms with Crippen LogP contribution in [0.4, 0.5) is 11.8 Å². The fraction of sp³-hybridized carbons (Fsp3) is 0.167. The van der Waals surface area contributed by atoms with Crippen LogP contribution in [0.3, 0.4) is 0 Å². The number of hydrogen-bond donors (Lipinski definition) is 2. The molecule has 0 unspecified atom stereocenters. The summed E-state index contributed by atoms with van der Waals surface area (Å²) in [6, 6.07) is 4.16. The average molecular weight is 370 g/mol. The Morgan fingerprint density at radius 2 is 2.25 bits per heavy atom. The molecular weight excluding hydrogens is 358 g/mol. The van der Waals surface area contributed by atoms with Gasteiger partial charge in [0, 0.05) is 13.6 Å². The molecule has 0 aliphatic rings. The van der Waals surface area contributed by atoms with Crippen molar-refractivity contribution in [3.63, 3.8) is 0 Å². The van der Waals surface area contributed by atoms with E-state index in [0.29, 0.717) is 5.95 Å². The third-order valence-corrected chi connectivity index (χ3v) is 5.20. The highest BCUT2D eigenvalue weighted by atomic mass is 79.9. The number of nitrogen functional groups attached to an aromatic ring is 1. The van der Waals surface area contributed by atoms with E-state index in [2.05, 4.69) is 47.7 Å². The first-order valence-electron chi connectivity index (χ1n) is 5.83. The van der Waals surface area contributed by atoms with Gasteiger partial charge in [-0.3, -0.25) is 5.43 Å². The summed E-state index contributed by atoms with van der Waals surface area (Å²) in [5, 5.41) is 5.19. The minimum absolute atomic E-state index is 0.438. The molecule has 3 N–H and O–H groups in total. The standard InChI is InChI=1S/C12H12BrN5S2/c1-18(5-7-4-9(13)20-6-7)10-8-2-3-19-11(8)16-12(15-10)17-14/h2-4,6H,5,14H2,1H3,(H,15,16,17). The first kappa shape index (κ1) is 13.7. The largest absolute Gasteiger partial charge is 0.355 e. The summed E-state index contributed by atoms with van der Waals surface area (Å²) in [6.45, 7) is 0.786. The lowest BCUT2D eigenvalue weighted by molar-refractivity contribution is 0.904. The Hall–Kier alpha value is -1.22. The van der Waals surface area contributed by atoms with Crippen molar-refractivity contribution in [3.05, 3.63) is 32.2 Å². The van der Waals surface area contributed by atoms with Gasteiger partial charge in [0.15, 0.2) is 0 Å². The van der Waals surface area contributed by atoms with Crippen LogP contribution in [0.25, 0.3) is 10.2 Å². The molecule has 3 heterocycles. The fourth-order valence-electron chi connectivity index (χ4n) is 1.97. The quantitative estimate of drug-likeness (QED) is 0.544. The third kappa shape index (κ3) is 2.64. The van der Waals surface area contributed by atoms with Crippen LogP contribution in [0.1, 0.15) is 5.56 Å². The molecule has 0 fully saturated rings. The van der Waals surface area contributed by atoms with Crippen LogP contribution >= 0.6 is 38.6 Å². The first-order chi connectivity index (χ1) is 9.67. The molecule has 20 heavy (non-hydrogen) atoms. The van der Waals surface area contributed by atoms with E-state index in [0.717, 1.165) is 26.4 Å². The first-order valence-corrected chi connectivity index (χ1v) is 8.38. The van der Waals surface area contributed by atoms with E-state index in [1.54, 1.807) is 22.7 Å². The lowest BCUT2D eigenvalue weighted by Gasteiger charge is -2.18. The van der Waals surface area contributed by atoms with E-state index in [9.17, 15) is 0 Å². The number of thiophene rings is 2. The summed E-state index contributed by atoms with van der Waals surface area (Å²) in [5.41, 5.74) is 3.77. The van der Waals surface area contributed by atoms with Crippen molar-refractivity contribution in [3.8, 4) is 0 Å². The molecule has 0 atom stereocenters. The molecule has 0 aromatic carbocycles. The highest BCUT2D eigenvalue weighted by molar-refractivity contribution is 9.11. The summed E-state index contributed by atoms with van der Waals surface area (Å²) < 4.78 is 1.13. The van der Waals surface area contributed by atoms with E-state index < -0.39 is 0 Å². The normalized spacial score (nSPS) is 10.9. The summed E-state index contributed by atoms with van der Waals surface area (Å²) in [7, 11) is 2.02. The second-order valence-electron chi connectivity index (χ2n) is 4.27. The Morgan fingerprint density at radius 1 is 1.40 bits per heavy atom. The molecule has 3 rings (SSSR count). The van der Waals surface area contributed by atoms with Gasteiger partial charge in [-0.25, -0.2) is 10.8 Å². The highest BCUT2D eigenvalue weighted by Crippen LogP contribution is 2.30. The smallest absolute Gasteiger partial charge is 0.240 e. The molecule has 0 saturated heterocycles. The third-order valence-electron chi connectivity index (χ3n) is 2.84. The van der Waals surface area contributed by atoms with Gasteiger partial charge in [0.05, 0.1) is 9.17 Å². The maximum atomic E-state index is 5.44. The topological polar surface area (TPSA) is 67.1 Å². The van der Waals surface area contributed by atoms with Gasteiger partial charge >= 0.3 is 0 Å². The predicted octanol–water partition coefficient (Wildman–Crippen LogP) is 3.44. The summed E-state index contributed by atoms with van der Waals surface area (Å²) in [4.78, 5) is 11.9. The molecule has 3 aromatic heterocycles. The summed E-state index contributed by atoms with van der Waals surface area (Å²) in [6.07, 6.45) is 0. The fourth-order valence-corrected chi connectivity index (χ4v) is 3.93. The number of hydrogen-bond acceptors (Lipinski definition) is 7. The van der Waals surface area contributed by atoms with Crippen molar-refractivity contribution in [2.24, 2.45) is 5.84 Å². The van der Waals surface area contributed by atoms with Crippen molar-refractivity contribution < 1.29 is 0 Å². The molecule has 104 valence electrons. The number of nitrogens with two attached hydrogens (primary N) is 1. The van der Waals surface area contributed by atoms with Gasteiger partial charge in [-0.1, -0.05) is 0 Å². The van der Waals surface area contributed by atoms with Crippen LogP contribution < -0.4 is 16.2 Å². The molecular formula is C12H12BrN5S2. The van der Waals surface area contributed by atoms with E-state index >= 15 is 0 Å². The van der Waals surface area contributed by atoms with Crippen molar-refractivity contribution >= 4 is 60.6 Å². The molecule has 0 bridgehead atoms. The number of rotatable bonds is 4. The van der Waals surface area contributed by atoms with Crippen LogP contribution in [0.2, 0.25) is 0 Å². The highest BCUT2D eigenvalue weighted by Gasteiger charge is 2.13. The molecule has 0 saturated carbocycles. The van der Waals surface area contributed by atoms with E-state index in [4.69, 9.17) is 5.84 Å². The zero-order valence-corrected chi connectivity index (χ0v) is 13.8. The lowest BCUT2D eigenvalue weighted by Crippen LogP contribution is -2.19. The van der Waals surface area contributed by atoms with Crippen molar-refractivity contribution in [1.29, 1.82) is 0 Å². The van der Waals surface area contributed by atoms with Gasteiger partial charge in [-0.2, -0.15) is 4.98 Å². The summed E-state index contributed by atoms with van der Waals surface area (Å²) >= 11 is 6.75. The van der Waals surface area contributed by atoms with Gasteiger partial charge in [-0.15, -0.1) is 22.7 Å².